The minimum Gasteiger partial charge on any atom is -0.390 e. The fraction of sp³-hybridized carbons (Fsp3) is 0.400. The number of nitro benzene ring substituents is 1. The van der Waals surface area contributed by atoms with Crippen LogP contribution in [0, 0.1) is 10.1 Å². The van der Waals surface area contributed by atoms with E-state index in [1.165, 1.54) is 13.2 Å². The first-order chi connectivity index (χ1) is 7.54. The molecule has 0 saturated heterocycles. The Hall–Kier alpha value is -0.980. The Morgan fingerprint density at radius 3 is 2.88 bits per heavy atom. The number of aliphatic hydroxyl groups is 1. The van der Waals surface area contributed by atoms with E-state index < -0.39 is 11.0 Å². The fourth-order valence-electron chi connectivity index (χ4n) is 1.38. The maximum atomic E-state index is 10.8. The summed E-state index contributed by atoms with van der Waals surface area (Å²) in [5, 5.41) is 20.3. The lowest BCUT2D eigenvalue weighted by Gasteiger charge is -2.09. The number of hydrogen-bond acceptors (Lipinski definition) is 4. The minimum absolute atomic E-state index is 0.00419. The smallest absolute Gasteiger partial charge is 0.273 e. The highest BCUT2D eigenvalue weighted by Gasteiger charge is 2.17. The van der Waals surface area contributed by atoms with Crippen molar-refractivity contribution in [2.24, 2.45) is 0 Å². The molecule has 1 aromatic carbocycles. The first kappa shape index (κ1) is 13.1. The van der Waals surface area contributed by atoms with Gasteiger partial charge in [0.25, 0.3) is 5.69 Å². The van der Waals surface area contributed by atoms with Gasteiger partial charge in [0.05, 0.1) is 17.6 Å². The summed E-state index contributed by atoms with van der Waals surface area (Å²) >= 11 is 3.17. The van der Waals surface area contributed by atoms with Gasteiger partial charge in [-0.3, -0.25) is 10.1 Å². The number of hydrogen-bond donors (Lipinski definition) is 1. The standard InChI is InChI=1S/C10H12BrNO4/c1-16-6-9(13)4-7-2-3-8(11)5-10(7)12(14)15/h2-3,5,9,13H,4,6H2,1H3. The molecule has 0 bridgehead atoms. The van der Waals surface area contributed by atoms with Gasteiger partial charge in [-0.15, -0.1) is 0 Å². The zero-order valence-electron chi connectivity index (χ0n) is 8.72. The Labute approximate surface area is 101 Å². The Morgan fingerprint density at radius 1 is 1.62 bits per heavy atom. The molecule has 0 aliphatic carbocycles. The van der Waals surface area contributed by atoms with E-state index in [0.29, 0.717) is 10.0 Å². The van der Waals surface area contributed by atoms with Crippen molar-refractivity contribution < 1.29 is 14.8 Å². The zero-order valence-corrected chi connectivity index (χ0v) is 10.3. The molecule has 0 aliphatic heterocycles. The monoisotopic (exact) mass is 289 g/mol. The number of ether oxygens (including phenoxy) is 1. The van der Waals surface area contributed by atoms with Crippen LogP contribution in [0.4, 0.5) is 5.69 Å². The van der Waals surface area contributed by atoms with Gasteiger partial charge in [-0.05, 0) is 6.07 Å². The van der Waals surface area contributed by atoms with Gasteiger partial charge < -0.3 is 9.84 Å². The number of nitrogens with zero attached hydrogens (tertiary/aromatic N) is 1. The van der Waals surface area contributed by atoms with Gasteiger partial charge in [0.2, 0.25) is 0 Å². The molecule has 5 nitrogen and oxygen atoms in total. The molecule has 0 radical (unpaired) electrons. The molecule has 0 aliphatic rings. The van der Waals surface area contributed by atoms with Gasteiger partial charge in [0.1, 0.15) is 0 Å². The average molecular weight is 290 g/mol. The van der Waals surface area contributed by atoms with Gasteiger partial charge in [-0.1, -0.05) is 22.0 Å². The average Bonchev–Trinajstić information content (AvgIpc) is 2.20. The number of rotatable bonds is 5. The van der Waals surface area contributed by atoms with E-state index >= 15 is 0 Å². The van der Waals surface area contributed by atoms with Crippen LogP contribution in [0.2, 0.25) is 0 Å². The third-order valence-electron chi connectivity index (χ3n) is 2.06. The zero-order chi connectivity index (χ0) is 12.1. The second-order valence-corrected chi connectivity index (χ2v) is 4.26. The van der Waals surface area contributed by atoms with Crippen LogP contribution in [-0.2, 0) is 11.2 Å². The molecule has 1 aromatic rings. The fourth-order valence-corrected chi connectivity index (χ4v) is 1.73. The predicted molar refractivity (Wildman–Crippen MR) is 62.4 cm³/mol. The van der Waals surface area contributed by atoms with E-state index in [0.717, 1.165) is 0 Å². The lowest BCUT2D eigenvalue weighted by atomic mass is 10.1. The molecule has 1 rings (SSSR count). The molecule has 88 valence electrons. The second-order valence-electron chi connectivity index (χ2n) is 3.34. The largest absolute Gasteiger partial charge is 0.390 e. The first-order valence-corrected chi connectivity index (χ1v) is 5.43. The molecule has 0 heterocycles. The minimum atomic E-state index is -0.732. The Balaban J connectivity index is 2.90. The number of benzene rings is 1. The lowest BCUT2D eigenvalue weighted by Crippen LogP contribution is -2.17. The van der Waals surface area contributed by atoms with Crippen molar-refractivity contribution in [2.75, 3.05) is 13.7 Å². The molecule has 0 spiro atoms. The van der Waals surface area contributed by atoms with Crippen molar-refractivity contribution in [1.29, 1.82) is 0 Å². The molecule has 0 amide bonds. The van der Waals surface area contributed by atoms with E-state index in [-0.39, 0.29) is 18.7 Å². The highest BCUT2D eigenvalue weighted by molar-refractivity contribution is 9.10. The third kappa shape index (κ3) is 3.55. The number of nitro groups is 1. The van der Waals surface area contributed by atoms with Crippen molar-refractivity contribution in [3.63, 3.8) is 0 Å². The van der Waals surface area contributed by atoms with Crippen molar-refractivity contribution >= 4 is 21.6 Å². The van der Waals surface area contributed by atoms with Crippen LogP contribution in [0.1, 0.15) is 5.56 Å². The van der Waals surface area contributed by atoms with Gasteiger partial charge in [0, 0.05) is 29.6 Å². The van der Waals surface area contributed by atoms with Crippen molar-refractivity contribution in [3.8, 4) is 0 Å². The van der Waals surface area contributed by atoms with Gasteiger partial charge in [0.15, 0.2) is 0 Å². The lowest BCUT2D eigenvalue weighted by molar-refractivity contribution is -0.385. The van der Waals surface area contributed by atoms with Crippen LogP contribution in [0.3, 0.4) is 0 Å². The summed E-state index contributed by atoms with van der Waals surface area (Å²) in [5.41, 5.74) is 0.502. The van der Waals surface area contributed by atoms with Crippen LogP contribution in [0.5, 0.6) is 0 Å². The molecule has 1 atom stereocenters. The predicted octanol–water partition coefficient (Wildman–Crippen LogP) is 1.91. The number of methoxy groups -OCH3 is 1. The van der Waals surface area contributed by atoms with Crippen molar-refractivity contribution in [3.05, 3.63) is 38.3 Å². The summed E-state index contributed by atoms with van der Waals surface area (Å²) in [6, 6.07) is 4.76. The summed E-state index contributed by atoms with van der Waals surface area (Å²) in [4.78, 5) is 10.3. The summed E-state index contributed by atoms with van der Waals surface area (Å²) in [6.45, 7) is 0.160. The van der Waals surface area contributed by atoms with Crippen LogP contribution >= 0.6 is 15.9 Å². The van der Waals surface area contributed by atoms with Gasteiger partial charge >= 0.3 is 0 Å². The number of halogens is 1. The van der Waals surface area contributed by atoms with E-state index in [4.69, 9.17) is 4.74 Å². The highest BCUT2D eigenvalue weighted by Crippen LogP contribution is 2.24. The van der Waals surface area contributed by atoms with Crippen LogP contribution in [0.15, 0.2) is 22.7 Å². The van der Waals surface area contributed by atoms with Crippen LogP contribution in [-0.4, -0.2) is 29.9 Å². The normalized spacial score (nSPS) is 12.4. The molecule has 16 heavy (non-hydrogen) atoms. The summed E-state index contributed by atoms with van der Waals surface area (Å²) in [7, 11) is 1.47. The number of aliphatic hydroxyl groups excluding tert-OH is 1. The summed E-state index contributed by atoms with van der Waals surface area (Å²) < 4.78 is 5.41. The van der Waals surface area contributed by atoms with E-state index in [2.05, 4.69) is 15.9 Å². The molecule has 0 fully saturated rings. The van der Waals surface area contributed by atoms with E-state index in [1.54, 1.807) is 12.1 Å². The summed E-state index contributed by atoms with van der Waals surface area (Å²) in [5.74, 6) is 0. The van der Waals surface area contributed by atoms with E-state index in [1.807, 2.05) is 0 Å². The molecule has 0 saturated carbocycles. The Morgan fingerprint density at radius 2 is 2.31 bits per heavy atom. The van der Waals surface area contributed by atoms with Crippen LogP contribution in [0.25, 0.3) is 0 Å². The maximum absolute atomic E-state index is 10.8. The molecule has 1 N–H and O–H groups in total. The molecular formula is C10H12BrNO4. The third-order valence-corrected chi connectivity index (χ3v) is 2.55. The van der Waals surface area contributed by atoms with Crippen molar-refractivity contribution in [1.82, 2.24) is 0 Å². The highest BCUT2D eigenvalue weighted by atomic mass is 79.9. The molecule has 0 aromatic heterocycles. The molecule has 6 heteroatoms. The first-order valence-electron chi connectivity index (χ1n) is 4.64. The van der Waals surface area contributed by atoms with Crippen LogP contribution < -0.4 is 0 Å². The molecular weight excluding hydrogens is 278 g/mol. The second kappa shape index (κ2) is 5.93. The quantitative estimate of drug-likeness (QED) is 0.664. The maximum Gasteiger partial charge on any atom is 0.273 e. The summed E-state index contributed by atoms with van der Waals surface area (Å²) in [6.07, 6.45) is -0.526. The Kier molecular flexibility index (Phi) is 4.85. The van der Waals surface area contributed by atoms with Gasteiger partial charge in [-0.25, -0.2) is 0 Å². The Bertz CT molecular complexity index is 383. The SMILES string of the molecule is COCC(O)Cc1ccc(Br)cc1[N+](=O)[O-]. The van der Waals surface area contributed by atoms with Crippen molar-refractivity contribution in [2.45, 2.75) is 12.5 Å². The molecule has 1 unspecified atom stereocenters. The van der Waals surface area contributed by atoms with E-state index in [9.17, 15) is 15.2 Å². The van der Waals surface area contributed by atoms with Gasteiger partial charge in [-0.2, -0.15) is 0 Å². The topological polar surface area (TPSA) is 72.6 Å².